The van der Waals surface area contributed by atoms with Crippen molar-refractivity contribution in [3.05, 3.63) is 77.9 Å². The van der Waals surface area contributed by atoms with Crippen molar-refractivity contribution < 1.29 is 29.0 Å². The molecule has 2 N–H and O–H groups in total. The zero-order valence-corrected chi connectivity index (χ0v) is 24.7. The number of esters is 1. The summed E-state index contributed by atoms with van der Waals surface area (Å²) in [6, 6.07) is 20.8. The summed E-state index contributed by atoms with van der Waals surface area (Å²) in [6.07, 6.45) is 5.46. The molecule has 0 unspecified atom stereocenters. The molecule has 3 aromatic carbocycles. The third-order valence-corrected chi connectivity index (χ3v) is 9.09. The number of amides is 2. The second-order valence-electron chi connectivity index (χ2n) is 11.8. The van der Waals surface area contributed by atoms with Crippen LogP contribution in [0.25, 0.3) is 10.8 Å². The van der Waals surface area contributed by atoms with Crippen LogP contribution in [0.1, 0.15) is 63.0 Å². The summed E-state index contributed by atoms with van der Waals surface area (Å²) in [5, 5.41) is 14.9. The lowest BCUT2D eigenvalue weighted by atomic mass is 9.75. The fraction of sp³-hybridized carbons (Fsp3) is 0.429. The number of fused-ring (bicyclic) bond motifs is 2. The molecule has 2 aliphatic rings. The van der Waals surface area contributed by atoms with Crippen LogP contribution >= 0.6 is 0 Å². The third-order valence-electron chi connectivity index (χ3n) is 9.09. The monoisotopic (exact) mass is 584 g/mol. The minimum atomic E-state index is -1.12. The molecule has 8 heteroatoms. The van der Waals surface area contributed by atoms with E-state index in [0.29, 0.717) is 50.6 Å². The minimum Gasteiger partial charge on any atom is -0.480 e. The van der Waals surface area contributed by atoms with Gasteiger partial charge in [-0.05, 0) is 79.8 Å². The van der Waals surface area contributed by atoms with E-state index in [-0.39, 0.29) is 18.5 Å². The highest BCUT2D eigenvalue weighted by Gasteiger charge is 2.46. The first-order chi connectivity index (χ1) is 20.8. The van der Waals surface area contributed by atoms with Crippen LogP contribution in [0.15, 0.2) is 66.7 Å². The summed E-state index contributed by atoms with van der Waals surface area (Å²) >= 11 is 0. The number of aryl methyl sites for hydroxylation is 2. The van der Waals surface area contributed by atoms with E-state index < -0.39 is 35.8 Å². The number of carbonyl (C=O) groups excluding carboxylic acids is 3. The van der Waals surface area contributed by atoms with Gasteiger partial charge in [-0.2, -0.15) is 0 Å². The average Bonchev–Trinajstić information content (AvgIpc) is 3.45. The van der Waals surface area contributed by atoms with E-state index in [1.165, 1.54) is 4.90 Å². The Morgan fingerprint density at radius 1 is 1.02 bits per heavy atom. The molecular formula is C35H40N2O6. The molecule has 0 radical (unpaired) electrons. The average molecular weight is 585 g/mol. The van der Waals surface area contributed by atoms with Crippen LogP contribution in [0.4, 0.5) is 5.69 Å². The largest absolute Gasteiger partial charge is 0.480 e. The standard InChI is InChI=1S/C35H40N2O6/c1-2-43-33(41)27(17-16-25-13-9-12-24-10-3-5-14-28(24)25)22-35(20-7-8-21-35)34(42)36-29-19-18-26-11-4-6-15-30(26)37(32(29)40)23-31(38)39/h3-6,9-15,27,29H,2,7-8,16-23H2,1H3,(H,36,42)(H,38,39)/t27-,29+/m1/s1. The predicted molar refractivity (Wildman–Crippen MR) is 165 cm³/mol. The normalized spacial score (nSPS) is 18.5. The van der Waals surface area contributed by atoms with Crippen molar-refractivity contribution in [2.24, 2.45) is 11.3 Å². The van der Waals surface area contributed by atoms with Crippen molar-refractivity contribution in [2.45, 2.75) is 70.8 Å². The van der Waals surface area contributed by atoms with Gasteiger partial charge in [-0.25, -0.2) is 0 Å². The van der Waals surface area contributed by atoms with Gasteiger partial charge in [0.2, 0.25) is 11.8 Å². The Hall–Kier alpha value is -4.20. The Bertz CT molecular complexity index is 1490. The van der Waals surface area contributed by atoms with E-state index in [0.717, 1.165) is 34.7 Å². The first-order valence-electron chi connectivity index (χ1n) is 15.4. The van der Waals surface area contributed by atoms with Crippen LogP contribution in [0.5, 0.6) is 0 Å². The predicted octanol–water partition coefficient (Wildman–Crippen LogP) is 5.45. The van der Waals surface area contributed by atoms with Gasteiger partial charge >= 0.3 is 11.9 Å². The summed E-state index contributed by atoms with van der Waals surface area (Å²) in [4.78, 5) is 54.0. The molecule has 2 amide bonds. The molecule has 0 bridgehead atoms. The van der Waals surface area contributed by atoms with Crippen LogP contribution in [-0.2, 0) is 36.8 Å². The Morgan fingerprint density at radius 3 is 2.51 bits per heavy atom. The molecule has 43 heavy (non-hydrogen) atoms. The highest BCUT2D eigenvalue weighted by molar-refractivity contribution is 6.03. The van der Waals surface area contributed by atoms with Gasteiger partial charge in [0.15, 0.2) is 0 Å². The molecular weight excluding hydrogens is 544 g/mol. The zero-order chi connectivity index (χ0) is 30.4. The van der Waals surface area contributed by atoms with Gasteiger partial charge in [-0.15, -0.1) is 0 Å². The number of carbonyl (C=O) groups is 4. The van der Waals surface area contributed by atoms with Gasteiger partial charge in [0.05, 0.1) is 17.9 Å². The summed E-state index contributed by atoms with van der Waals surface area (Å²) in [6.45, 7) is 1.57. The molecule has 0 spiro atoms. The lowest BCUT2D eigenvalue weighted by molar-refractivity contribution is -0.150. The Morgan fingerprint density at radius 2 is 1.74 bits per heavy atom. The van der Waals surface area contributed by atoms with Crippen LogP contribution in [-0.4, -0.2) is 48.1 Å². The van der Waals surface area contributed by atoms with Crippen molar-refractivity contribution in [1.82, 2.24) is 5.32 Å². The molecule has 0 saturated heterocycles. The number of carboxylic acid groups (broad SMARTS) is 1. The number of nitrogens with one attached hydrogen (secondary N) is 1. The number of para-hydroxylation sites is 1. The molecule has 2 atom stereocenters. The number of rotatable bonds is 11. The van der Waals surface area contributed by atoms with Gasteiger partial charge in [0.1, 0.15) is 12.6 Å². The van der Waals surface area contributed by atoms with Gasteiger partial charge in [0, 0.05) is 5.69 Å². The molecule has 5 rings (SSSR count). The lowest BCUT2D eigenvalue weighted by Crippen LogP contribution is -2.53. The highest BCUT2D eigenvalue weighted by Crippen LogP contribution is 2.45. The minimum absolute atomic E-state index is 0.232. The summed E-state index contributed by atoms with van der Waals surface area (Å²) in [7, 11) is 0. The summed E-state index contributed by atoms with van der Waals surface area (Å²) < 4.78 is 5.50. The number of hydrogen-bond acceptors (Lipinski definition) is 5. The third kappa shape index (κ3) is 6.74. The molecule has 1 aliphatic carbocycles. The van der Waals surface area contributed by atoms with E-state index in [1.807, 2.05) is 30.3 Å². The smallest absolute Gasteiger partial charge is 0.323 e. The van der Waals surface area contributed by atoms with Crippen LogP contribution in [0, 0.1) is 11.3 Å². The maximum Gasteiger partial charge on any atom is 0.323 e. The van der Waals surface area contributed by atoms with Gasteiger partial charge < -0.3 is 15.2 Å². The van der Waals surface area contributed by atoms with E-state index >= 15 is 0 Å². The van der Waals surface area contributed by atoms with Crippen LogP contribution < -0.4 is 10.2 Å². The quantitative estimate of drug-likeness (QED) is 0.290. The number of nitrogens with zero attached hydrogens (tertiary/aromatic N) is 1. The second kappa shape index (κ2) is 13.4. The van der Waals surface area contributed by atoms with Crippen LogP contribution in [0.3, 0.4) is 0 Å². The number of carboxylic acids is 1. The van der Waals surface area contributed by atoms with Gasteiger partial charge in [-0.3, -0.25) is 24.1 Å². The Labute approximate surface area is 252 Å². The lowest BCUT2D eigenvalue weighted by Gasteiger charge is -2.33. The van der Waals surface area contributed by atoms with E-state index in [9.17, 15) is 24.3 Å². The number of anilines is 1. The van der Waals surface area contributed by atoms with E-state index in [4.69, 9.17) is 4.74 Å². The topological polar surface area (TPSA) is 113 Å². The molecule has 1 heterocycles. The first-order valence-corrected chi connectivity index (χ1v) is 15.4. The number of ether oxygens (including phenoxy) is 1. The Kier molecular flexibility index (Phi) is 9.43. The second-order valence-corrected chi connectivity index (χ2v) is 11.8. The van der Waals surface area contributed by atoms with Crippen molar-refractivity contribution in [3.63, 3.8) is 0 Å². The number of benzene rings is 3. The molecule has 3 aromatic rings. The van der Waals surface area contributed by atoms with Crippen LogP contribution in [0.2, 0.25) is 0 Å². The summed E-state index contributed by atoms with van der Waals surface area (Å²) in [5.41, 5.74) is 1.80. The van der Waals surface area contributed by atoms with E-state index in [1.54, 1.807) is 19.1 Å². The van der Waals surface area contributed by atoms with Crippen molar-refractivity contribution in [2.75, 3.05) is 18.1 Å². The highest BCUT2D eigenvalue weighted by atomic mass is 16.5. The van der Waals surface area contributed by atoms with E-state index in [2.05, 4.69) is 29.6 Å². The Balaban J connectivity index is 1.36. The van der Waals surface area contributed by atoms with Gasteiger partial charge in [-0.1, -0.05) is 73.5 Å². The molecule has 1 fully saturated rings. The van der Waals surface area contributed by atoms with Gasteiger partial charge in [0.25, 0.3) is 0 Å². The molecule has 0 aromatic heterocycles. The maximum atomic E-state index is 14.1. The van der Waals surface area contributed by atoms with Crippen molar-refractivity contribution in [3.8, 4) is 0 Å². The zero-order valence-electron chi connectivity index (χ0n) is 24.7. The number of aliphatic carboxylic acids is 1. The maximum absolute atomic E-state index is 14.1. The van der Waals surface area contributed by atoms with Crippen molar-refractivity contribution >= 4 is 40.2 Å². The molecule has 1 aliphatic heterocycles. The summed E-state index contributed by atoms with van der Waals surface area (Å²) in [5.74, 6) is -2.54. The fourth-order valence-corrected chi connectivity index (χ4v) is 6.91. The van der Waals surface area contributed by atoms with Crippen molar-refractivity contribution in [1.29, 1.82) is 0 Å². The SMILES string of the molecule is CCOC(=O)[C@H](CCc1cccc2ccccc12)CC1(C(=O)N[C@H]2CCc3ccccc3N(CC(=O)O)C2=O)CCCC1. The molecule has 8 nitrogen and oxygen atoms in total. The first kappa shape index (κ1) is 30.3. The molecule has 1 saturated carbocycles. The number of hydrogen-bond donors (Lipinski definition) is 2. The fourth-order valence-electron chi connectivity index (χ4n) is 6.91. The molecule has 226 valence electrons.